The predicted molar refractivity (Wildman–Crippen MR) is 108 cm³/mol. The van der Waals surface area contributed by atoms with Crippen molar-refractivity contribution in [2.45, 2.75) is 58.2 Å². The van der Waals surface area contributed by atoms with Crippen molar-refractivity contribution in [3.63, 3.8) is 0 Å². The molecular weight excluding hydrogens is 360 g/mol. The van der Waals surface area contributed by atoms with Gasteiger partial charge in [-0.3, -0.25) is 9.59 Å². The molecule has 1 fully saturated rings. The highest BCUT2D eigenvalue weighted by Gasteiger charge is 2.53. The highest BCUT2D eigenvalue weighted by Crippen LogP contribution is 2.40. The molecule has 0 N–H and O–H groups in total. The first kappa shape index (κ1) is 19.8. The van der Waals surface area contributed by atoms with E-state index in [4.69, 9.17) is 16.3 Å². The molecule has 27 heavy (non-hydrogen) atoms. The van der Waals surface area contributed by atoms with E-state index in [0.29, 0.717) is 5.02 Å². The molecule has 2 aromatic carbocycles. The molecule has 1 aliphatic rings. The molecule has 0 atom stereocenters. The second kappa shape index (κ2) is 6.88. The minimum absolute atomic E-state index is 0.180. The van der Waals surface area contributed by atoms with Crippen molar-refractivity contribution >= 4 is 23.2 Å². The third-order valence-electron chi connectivity index (χ3n) is 5.23. The fraction of sp³-hybridized carbons (Fsp3) is 0.391. The Kier molecular flexibility index (Phi) is 5.04. The lowest BCUT2D eigenvalue weighted by Gasteiger charge is -2.43. The van der Waals surface area contributed by atoms with Gasteiger partial charge in [-0.15, -0.1) is 0 Å². The van der Waals surface area contributed by atoms with Crippen molar-refractivity contribution in [2.75, 3.05) is 0 Å². The molecule has 142 valence electrons. The van der Waals surface area contributed by atoms with Crippen LogP contribution in [-0.4, -0.2) is 22.8 Å². The second-order valence-electron chi connectivity index (χ2n) is 8.06. The van der Waals surface area contributed by atoms with E-state index in [9.17, 15) is 9.59 Å². The van der Waals surface area contributed by atoms with Crippen molar-refractivity contribution in [1.29, 1.82) is 0 Å². The molecule has 3 rings (SSSR count). The summed E-state index contributed by atoms with van der Waals surface area (Å²) >= 11 is 5.98. The third-order valence-corrected chi connectivity index (χ3v) is 5.49. The molecule has 0 unspecified atom stereocenters. The molecule has 1 heterocycles. The van der Waals surface area contributed by atoms with Crippen molar-refractivity contribution in [2.24, 2.45) is 0 Å². The van der Waals surface area contributed by atoms with E-state index in [-0.39, 0.29) is 11.6 Å². The fourth-order valence-electron chi connectivity index (χ4n) is 3.85. The summed E-state index contributed by atoms with van der Waals surface area (Å²) in [4.78, 5) is 26.1. The lowest BCUT2D eigenvalue weighted by atomic mass is 9.73. The Hall–Kier alpha value is -1.97. The zero-order chi connectivity index (χ0) is 20.0. The Labute approximate surface area is 165 Å². The maximum atomic E-state index is 13.0. The lowest BCUT2D eigenvalue weighted by Crippen LogP contribution is -2.58. The van der Waals surface area contributed by atoms with Gasteiger partial charge in [-0.2, -0.15) is 0 Å². The standard InChI is InChI=1S/C23H25ClO3/c1-6-14-13-16(15-7-10-17(24)11-8-15)9-12-18(14)19-20(25)22(2,3)27-23(4,5)21(19)26/h7-13,19H,6H2,1-5H3. The van der Waals surface area contributed by atoms with E-state index in [1.54, 1.807) is 27.7 Å². The number of hydrogen-bond donors (Lipinski definition) is 0. The number of Topliss-reactive ketones (excluding diaryl/α,β-unsaturated/α-hetero) is 2. The van der Waals surface area contributed by atoms with Gasteiger partial charge >= 0.3 is 0 Å². The third kappa shape index (κ3) is 3.59. The van der Waals surface area contributed by atoms with Crippen LogP contribution >= 0.6 is 11.6 Å². The van der Waals surface area contributed by atoms with E-state index in [1.807, 2.05) is 43.3 Å². The van der Waals surface area contributed by atoms with Crippen LogP contribution in [0.5, 0.6) is 0 Å². The zero-order valence-electron chi connectivity index (χ0n) is 16.4. The molecule has 1 aliphatic heterocycles. The summed E-state index contributed by atoms with van der Waals surface area (Å²) in [6.45, 7) is 9.00. The monoisotopic (exact) mass is 384 g/mol. The summed E-state index contributed by atoms with van der Waals surface area (Å²) in [7, 11) is 0. The van der Waals surface area contributed by atoms with E-state index in [0.717, 1.165) is 28.7 Å². The average Bonchev–Trinajstić information content (AvgIpc) is 2.60. The lowest BCUT2D eigenvalue weighted by molar-refractivity contribution is -0.184. The summed E-state index contributed by atoms with van der Waals surface area (Å²) in [5.74, 6) is -1.15. The summed E-state index contributed by atoms with van der Waals surface area (Å²) in [6, 6.07) is 13.6. The van der Waals surface area contributed by atoms with Gasteiger partial charge in [0.05, 0.1) is 0 Å². The van der Waals surface area contributed by atoms with Crippen LogP contribution < -0.4 is 0 Å². The molecular formula is C23H25ClO3. The summed E-state index contributed by atoms with van der Waals surface area (Å²) in [5.41, 5.74) is 1.88. The normalized spacial score (nSPS) is 19.3. The molecule has 0 aliphatic carbocycles. The number of aryl methyl sites for hydroxylation is 1. The van der Waals surface area contributed by atoms with Gasteiger partial charge in [0.2, 0.25) is 0 Å². The predicted octanol–water partition coefficient (Wildman–Crippen LogP) is 5.38. The van der Waals surface area contributed by atoms with E-state index in [2.05, 4.69) is 6.07 Å². The Bertz CT molecular complexity index is 868. The Morgan fingerprint density at radius 2 is 1.41 bits per heavy atom. The number of carbonyl (C=O) groups is 2. The molecule has 3 nitrogen and oxygen atoms in total. The van der Waals surface area contributed by atoms with E-state index >= 15 is 0 Å². The first-order chi connectivity index (χ1) is 12.6. The Morgan fingerprint density at radius 1 is 0.889 bits per heavy atom. The number of ketones is 2. The maximum Gasteiger partial charge on any atom is 0.179 e. The highest BCUT2D eigenvalue weighted by atomic mass is 35.5. The van der Waals surface area contributed by atoms with Crippen LogP contribution in [0.15, 0.2) is 42.5 Å². The highest BCUT2D eigenvalue weighted by molar-refractivity contribution is 6.30. The van der Waals surface area contributed by atoms with Gasteiger partial charge in [-0.1, -0.05) is 48.9 Å². The second-order valence-corrected chi connectivity index (χ2v) is 8.49. The Balaban J connectivity index is 2.09. The molecule has 0 bridgehead atoms. The minimum Gasteiger partial charge on any atom is -0.354 e. The van der Waals surface area contributed by atoms with Crippen molar-refractivity contribution in [3.05, 3.63) is 58.6 Å². The minimum atomic E-state index is -0.998. The van der Waals surface area contributed by atoms with Crippen molar-refractivity contribution in [3.8, 4) is 11.1 Å². The number of carbonyl (C=O) groups excluding carboxylic acids is 2. The van der Waals surface area contributed by atoms with E-state index in [1.165, 1.54) is 0 Å². The molecule has 0 amide bonds. The summed E-state index contributed by atoms with van der Waals surface area (Å²) < 4.78 is 5.80. The van der Waals surface area contributed by atoms with Gasteiger partial charge in [-0.25, -0.2) is 0 Å². The van der Waals surface area contributed by atoms with Gasteiger partial charge in [0.25, 0.3) is 0 Å². The van der Waals surface area contributed by atoms with Crippen LogP contribution in [0.25, 0.3) is 11.1 Å². The first-order valence-corrected chi connectivity index (χ1v) is 9.62. The van der Waals surface area contributed by atoms with Crippen LogP contribution in [0, 0.1) is 0 Å². The number of ether oxygens (including phenoxy) is 1. The topological polar surface area (TPSA) is 43.4 Å². The van der Waals surface area contributed by atoms with Crippen molar-refractivity contribution in [1.82, 2.24) is 0 Å². The van der Waals surface area contributed by atoms with Crippen LogP contribution in [0.3, 0.4) is 0 Å². The first-order valence-electron chi connectivity index (χ1n) is 9.24. The molecule has 0 aromatic heterocycles. The van der Waals surface area contributed by atoms with Gasteiger partial charge in [0.15, 0.2) is 11.6 Å². The maximum absolute atomic E-state index is 13.0. The smallest absolute Gasteiger partial charge is 0.179 e. The molecule has 0 radical (unpaired) electrons. The summed E-state index contributed by atoms with van der Waals surface area (Å²) in [6.07, 6.45) is 0.732. The van der Waals surface area contributed by atoms with Gasteiger partial charge in [0.1, 0.15) is 17.1 Å². The molecule has 1 saturated heterocycles. The van der Waals surface area contributed by atoms with Gasteiger partial charge < -0.3 is 4.74 Å². The van der Waals surface area contributed by atoms with Crippen LogP contribution in [0.1, 0.15) is 51.7 Å². The fourth-order valence-corrected chi connectivity index (χ4v) is 3.98. The number of hydrogen-bond acceptors (Lipinski definition) is 3. The molecule has 2 aromatic rings. The molecule has 4 heteroatoms. The van der Waals surface area contributed by atoms with E-state index < -0.39 is 17.1 Å². The average molecular weight is 385 g/mol. The van der Waals surface area contributed by atoms with Crippen LogP contribution in [-0.2, 0) is 20.7 Å². The molecule has 0 spiro atoms. The zero-order valence-corrected chi connectivity index (χ0v) is 17.2. The largest absolute Gasteiger partial charge is 0.354 e. The SMILES string of the molecule is CCc1cc(-c2ccc(Cl)cc2)ccc1C1C(=O)C(C)(C)OC(C)(C)C1=O. The Morgan fingerprint density at radius 3 is 1.93 bits per heavy atom. The molecule has 0 saturated carbocycles. The quantitative estimate of drug-likeness (QED) is 0.667. The van der Waals surface area contributed by atoms with Gasteiger partial charge in [-0.05, 0) is 68.5 Å². The van der Waals surface area contributed by atoms with Crippen molar-refractivity contribution < 1.29 is 14.3 Å². The van der Waals surface area contributed by atoms with Crippen LogP contribution in [0.4, 0.5) is 0 Å². The summed E-state index contributed by atoms with van der Waals surface area (Å²) in [5, 5.41) is 0.689. The number of halogens is 1. The number of benzene rings is 2. The van der Waals surface area contributed by atoms with Gasteiger partial charge in [0, 0.05) is 5.02 Å². The number of rotatable bonds is 3. The van der Waals surface area contributed by atoms with Crippen LogP contribution in [0.2, 0.25) is 5.02 Å².